The van der Waals surface area contributed by atoms with Crippen LogP contribution in [-0.2, 0) is 27.9 Å². The molecule has 1 saturated heterocycles. The van der Waals surface area contributed by atoms with E-state index in [2.05, 4.69) is 20.2 Å². The smallest absolute Gasteiger partial charge is 0.304 e. The van der Waals surface area contributed by atoms with Gasteiger partial charge in [0.2, 0.25) is 10.0 Å². The maximum atomic E-state index is 14.0. The Bertz CT molecular complexity index is 1770. The molecule has 42 heavy (non-hydrogen) atoms. The molecular formula is C31H36N6O4S. The van der Waals surface area contributed by atoms with Crippen molar-refractivity contribution >= 4 is 32.8 Å². The van der Waals surface area contributed by atoms with Crippen LogP contribution in [0.2, 0.25) is 0 Å². The standard InChI is InChI=1S/C31H36N6O4S/c1-4-37-27-13-12-25(21(3)30(27)33-34-37)26(17-29(38)39)22-11-10-20(2)23(16-22)18-35-19-24-8-5-6-15-36(24)31-28(42(35,40)41)9-7-14-32-31/h7,9-14,16,24,26H,4-6,8,15,17-19H2,1-3H3,(H,38,39)/t24?,26-/m0/s1. The van der Waals surface area contributed by atoms with Crippen LogP contribution >= 0.6 is 0 Å². The molecule has 220 valence electrons. The largest absolute Gasteiger partial charge is 0.481 e. The van der Waals surface area contributed by atoms with Crippen LogP contribution in [0, 0.1) is 13.8 Å². The summed E-state index contributed by atoms with van der Waals surface area (Å²) in [6, 6.07) is 13.2. The fourth-order valence-electron chi connectivity index (χ4n) is 6.53. The molecule has 0 bridgehead atoms. The van der Waals surface area contributed by atoms with E-state index in [1.54, 1.807) is 22.6 Å². The Hall–Kier alpha value is -3.83. The average Bonchev–Trinajstić information content (AvgIpc) is 3.38. The molecule has 1 unspecified atom stereocenters. The van der Waals surface area contributed by atoms with Crippen LogP contribution in [0.1, 0.15) is 66.3 Å². The number of hydrogen-bond acceptors (Lipinski definition) is 7. The molecule has 2 aromatic carbocycles. The lowest BCUT2D eigenvalue weighted by Gasteiger charge is -2.36. The first-order valence-corrected chi connectivity index (χ1v) is 16.0. The number of anilines is 1. The fraction of sp³-hybridized carbons (Fsp3) is 0.419. The van der Waals surface area contributed by atoms with Crippen molar-refractivity contribution in [3.05, 3.63) is 76.5 Å². The Morgan fingerprint density at radius 3 is 2.76 bits per heavy atom. The second kappa shape index (κ2) is 11.1. The number of nitrogens with zero attached hydrogens (tertiary/aromatic N) is 6. The number of aromatic nitrogens is 4. The van der Waals surface area contributed by atoms with Crippen molar-refractivity contribution in [1.29, 1.82) is 0 Å². The van der Waals surface area contributed by atoms with E-state index in [0.717, 1.165) is 64.7 Å². The first-order valence-electron chi connectivity index (χ1n) is 14.5. The van der Waals surface area contributed by atoms with Crippen LogP contribution in [-0.4, -0.2) is 62.9 Å². The van der Waals surface area contributed by atoms with Crippen molar-refractivity contribution in [1.82, 2.24) is 24.3 Å². The van der Waals surface area contributed by atoms with Crippen LogP contribution in [0.25, 0.3) is 11.0 Å². The lowest BCUT2D eigenvalue weighted by Crippen LogP contribution is -2.45. The van der Waals surface area contributed by atoms with Crippen molar-refractivity contribution in [2.45, 2.75) is 76.4 Å². The van der Waals surface area contributed by atoms with E-state index in [-0.39, 0.29) is 23.9 Å². The van der Waals surface area contributed by atoms with E-state index in [4.69, 9.17) is 0 Å². The van der Waals surface area contributed by atoms with Crippen LogP contribution in [0.3, 0.4) is 0 Å². The van der Waals surface area contributed by atoms with Gasteiger partial charge in [-0.15, -0.1) is 5.10 Å². The molecule has 0 radical (unpaired) electrons. The van der Waals surface area contributed by atoms with Gasteiger partial charge in [0.25, 0.3) is 0 Å². The number of carbonyl (C=O) groups is 1. The predicted molar refractivity (Wildman–Crippen MR) is 160 cm³/mol. The van der Waals surface area contributed by atoms with Crippen molar-refractivity contribution in [2.24, 2.45) is 0 Å². The number of sulfonamides is 1. The zero-order chi connectivity index (χ0) is 29.6. The van der Waals surface area contributed by atoms with Crippen LogP contribution < -0.4 is 4.90 Å². The first kappa shape index (κ1) is 28.3. The van der Waals surface area contributed by atoms with Gasteiger partial charge in [0.05, 0.1) is 11.9 Å². The fourth-order valence-corrected chi connectivity index (χ4v) is 8.14. The number of hydrogen-bond donors (Lipinski definition) is 1. The van der Waals surface area contributed by atoms with E-state index >= 15 is 0 Å². The maximum Gasteiger partial charge on any atom is 0.304 e. The number of pyridine rings is 1. The van der Waals surface area contributed by atoms with Crippen molar-refractivity contribution in [2.75, 3.05) is 18.0 Å². The highest BCUT2D eigenvalue weighted by molar-refractivity contribution is 7.89. The highest BCUT2D eigenvalue weighted by atomic mass is 32.2. The lowest BCUT2D eigenvalue weighted by molar-refractivity contribution is -0.137. The SMILES string of the molecule is CCn1nnc2c(C)c([C@@H](CC(=O)O)c3ccc(C)c(CN4CC5CCCCN5c5ncccc5S4(=O)=O)c3)ccc21. The number of aryl methyl sites for hydroxylation is 3. The van der Waals surface area contributed by atoms with E-state index in [0.29, 0.717) is 18.9 Å². The van der Waals surface area contributed by atoms with Crippen LogP contribution in [0.5, 0.6) is 0 Å². The quantitative estimate of drug-likeness (QED) is 0.332. The summed E-state index contributed by atoms with van der Waals surface area (Å²) in [4.78, 5) is 19.0. The van der Waals surface area contributed by atoms with Gasteiger partial charge < -0.3 is 10.0 Å². The zero-order valence-electron chi connectivity index (χ0n) is 24.2. The zero-order valence-corrected chi connectivity index (χ0v) is 25.0. The van der Waals surface area contributed by atoms with Gasteiger partial charge >= 0.3 is 5.97 Å². The molecule has 2 aliphatic rings. The molecule has 6 rings (SSSR count). The molecule has 2 atom stereocenters. The second-order valence-corrected chi connectivity index (χ2v) is 13.3. The monoisotopic (exact) mass is 588 g/mol. The molecule has 10 nitrogen and oxygen atoms in total. The number of aliphatic carboxylic acids is 1. The first-order chi connectivity index (χ1) is 20.2. The summed E-state index contributed by atoms with van der Waals surface area (Å²) in [6.07, 6.45) is 4.53. The second-order valence-electron chi connectivity index (χ2n) is 11.4. The van der Waals surface area contributed by atoms with Crippen LogP contribution in [0.15, 0.2) is 53.6 Å². The van der Waals surface area contributed by atoms with E-state index in [9.17, 15) is 18.3 Å². The Balaban J connectivity index is 1.40. The minimum Gasteiger partial charge on any atom is -0.481 e. The van der Waals surface area contributed by atoms with Crippen molar-refractivity contribution < 1.29 is 18.3 Å². The maximum absolute atomic E-state index is 14.0. The minimum atomic E-state index is -3.81. The Kier molecular flexibility index (Phi) is 7.48. The summed E-state index contributed by atoms with van der Waals surface area (Å²) in [5.74, 6) is -0.796. The van der Waals surface area contributed by atoms with E-state index in [1.807, 2.05) is 55.8 Å². The lowest BCUT2D eigenvalue weighted by atomic mass is 9.84. The van der Waals surface area contributed by atoms with E-state index < -0.39 is 21.9 Å². The number of piperidine rings is 1. The highest BCUT2D eigenvalue weighted by Crippen LogP contribution is 2.37. The molecular weight excluding hydrogens is 552 g/mol. The average molecular weight is 589 g/mol. The molecule has 4 aromatic rings. The molecule has 2 aromatic heterocycles. The van der Waals surface area contributed by atoms with Gasteiger partial charge in [0.15, 0.2) is 0 Å². The van der Waals surface area contributed by atoms with Gasteiger partial charge in [-0.05, 0) is 86.1 Å². The molecule has 11 heteroatoms. The molecule has 1 N–H and O–H groups in total. The third-order valence-electron chi connectivity index (χ3n) is 8.84. The molecule has 4 heterocycles. The van der Waals surface area contributed by atoms with Gasteiger partial charge in [-0.1, -0.05) is 29.5 Å². The van der Waals surface area contributed by atoms with Crippen molar-refractivity contribution in [3.8, 4) is 0 Å². The highest BCUT2D eigenvalue weighted by Gasteiger charge is 2.39. The van der Waals surface area contributed by atoms with Gasteiger partial charge in [-0.2, -0.15) is 4.31 Å². The number of benzene rings is 2. The molecule has 0 spiro atoms. The molecule has 0 saturated carbocycles. The Morgan fingerprint density at radius 2 is 1.98 bits per heavy atom. The summed E-state index contributed by atoms with van der Waals surface area (Å²) in [5.41, 5.74) is 6.10. The number of carboxylic acid groups (broad SMARTS) is 1. The summed E-state index contributed by atoms with van der Waals surface area (Å²) in [5, 5.41) is 18.5. The molecule has 2 aliphatic heterocycles. The summed E-state index contributed by atoms with van der Waals surface area (Å²) in [7, 11) is -3.81. The third kappa shape index (κ3) is 4.94. The van der Waals surface area contributed by atoms with Gasteiger partial charge in [0, 0.05) is 44.3 Å². The summed E-state index contributed by atoms with van der Waals surface area (Å²) in [6.45, 7) is 7.99. The number of rotatable bonds is 7. The molecule has 1 fully saturated rings. The van der Waals surface area contributed by atoms with Crippen molar-refractivity contribution in [3.63, 3.8) is 0 Å². The summed E-state index contributed by atoms with van der Waals surface area (Å²) < 4.78 is 31.5. The number of carboxylic acids is 1. The van der Waals surface area contributed by atoms with Gasteiger partial charge in [0.1, 0.15) is 16.2 Å². The topological polar surface area (TPSA) is 122 Å². The molecule has 0 amide bonds. The normalized spacial score (nSPS) is 19.2. The Labute approximate surface area is 246 Å². The van der Waals surface area contributed by atoms with E-state index in [1.165, 1.54) is 0 Å². The summed E-state index contributed by atoms with van der Waals surface area (Å²) >= 11 is 0. The predicted octanol–water partition coefficient (Wildman–Crippen LogP) is 4.63. The number of fused-ring (bicyclic) bond motifs is 4. The Morgan fingerprint density at radius 1 is 1.14 bits per heavy atom. The van der Waals surface area contributed by atoms with Gasteiger partial charge in [-0.25, -0.2) is 18.1 Å². The minimum absolute atomic E-state index is 0.0545. The third-order valence-corrected chi connectivity index (χ3v) is 10.7. The molecule has 0 aliphatic carbocycles. The van der Waals surface area contributed by atoms with Gasteiger partial charge in [-0.3, -0.25) is 4.79 Å². The van der Waals surface area contributed by atoms with Crippen LogP contribution in [0.4, 0.5) is 5.82 Å².